The molecule has 2 aliphatic heterocycles. The summed E-state index contributed by atoms with van der Waals surface area (Å²) in [6, 6.07) is 4.39. The number of anilines is 1. The molecule has 0 unspecified atom stereocenters. The predicted molar refractivity (Wildman–Crippen MR) is 105 cm³/mol. The van der Waals surface area contributed by atoms with Gasteiger partial charge in [-0.05, 0) is 32.4 Å². The first kappa shape index (κ1) is 18.3. The summed E-state index contributed by atoms with van der Waals surface area (Å²) in [4.78, 5) is 14.5. The zero-order chi connectivity index (χ0) is 18.8. The number of rotatable bonds is 6. The van der Waals surface area contributed by atoms with Crippen LogP contribution < -0.4 is 14.4 Å². The number of hydrogen-bond donors (Lipinski definition) is 0. The van der Waals surface area contributed by atoms with Crippen molar-refractivity contribution in [2.45, 2.75) is 31.8 Å². The van der Waals surface area contributed by atoms with Crippen LogP contribution in [0.5, 0.6) is 11.5 Å². The highest BCUT2D eigenvalue weighted by molar-refractivity contribution is 5.92. The highest BCUT2D eigenvalue weighted by Crippen LogP contribution is 2.36. The van der Waals surface area contributed by atoms with Crippen molar-refractivity contribution in [2.75, 3.05) is 52.5 Å². The van der Waals surface area contributed by atoms with Gasteiger partial charge >= 0.3 is 0 Å². The molecular weight excluding hydrogens is 344 g/mol. The van der Waals surface area contributed by atoms with Gasteiger partial charge in [0.1, 0.15) is 11.6 Å². The number of methoxy groups -OCH3 is 2. The Bertz CT molecular complexity index is 801. The van der Waals surface area contributed by atoms with Gasteiger partial charge in [-0.25, -0.2) is 9.97 Å². The fraction of sp³-hybridized carbons (Fsp3) is 0.600. The summed E-state index contributed by atoms with van der Waals surface area (Å²) in [5, 5.41) is 1.02. The van der Waals surface area contributed by atoms with Gasteiger partial charge in [0.05, 0.1) is 32.9 Å². The van der Waals surface area contributed by atoms with E-state index in [1.165, 1.54) is 12.8 Å². The molecule has 0 saturated carbocycles. The first-order valence-electron chi connectivity index (χ1n) is 9.65. The van der Waals surface area contributed by atoms with Crippen LogP contribution in [0.1, 0.15) is 25.1 Å². The highest BCUT2D eigenvalue weighted by Gasteiger charge is 2.23. The van der Waals surface area contributed by atoms with Crippen molar-refractivity contribution >= 4 is 16.7 Å². The molecule has 0 aliphatic carbocycles. The van der Waals surface area contributed by atoms with E-state index in [-0.39, 0.29) is 0 Å². The number of nitrogens with zero attached hydrogens (tertiary/aromatic N) is 4. The maximum Gasteiger partial charge on any atom is 0.162 e. The summed E-state index contributed by atoms with van der Waals surface area (Å²) < 4.78 is 16.5. The molecule has 7 nitrogen and oxygen atoms in total. The van der Waals surface area contributed by atoms with E-state index in [2.05, 4.69) is 16.8 Å². The van der Waals surface area contributed by atoms with E-state index in [1.54, 1.807) is 14.2 Å². The molecule has 0 spiro atoms. The van der Waals surface area contributed by atoms with E-state index in [9.17, 15) is 0 Å². The summed E-state index contributed by atoms with van der Waals surface area (Å²) in [6.07, 6.45) is 3.47. The summed E-state index contributed by atoms with van der Waals surface area (Å²) in [5.74, 6) is 3.25. The van der Waals surface area contributed by atoms with E-state index in [0.29, 0.717) is 24.1 Å². The van der Waals surface area contributed by atoms with E-state index in [4.69, 9.17) is 24.2 Å². The third-order valence-corrected chi connectivity index (χ3v) is 5.55. The van der Waals surface area contributed by atoms with E-state index in [1.807, 2.05) is 12.1 Å². The monoisotopic (exact) mass is 372 g/mol. The fourth-order valence-corrected chi connectivity index (χ4v) is 3.95. The quantitative estimate of drug-likeness (QED) is 0.772. The lowest BCUT2D eigenvalue weighted by Gasteiger charge is -2.24. The van der Waals surface area contributed by atoms with Crippen molar-refractivity contribution in [2.24, 2.45) is 0 Å². The second kappa shape index (κ2) is 7.86. The molecule has 146 valence electrons. The van der Waals surface area contributed by atoms with Gasteiger partial charge in [-0.15, -0.1) is 0 Å². The number of likely N-dealkylation sites (N-methyl/N-ethyl adjacent to an activating group) is 1. The van der Waals surface area contributed by atoms with Crippen molar-refractivity contribution < 1.29 is 14.2 Å². The molecule has 3 heterocycles. The first-order valence-corrected chi connectivity index (χ1v) is 9.65. The first-order chi connectivity index (χ1) is 13.2. The minimum Gasteiger partial charge on any atom is -0.493 e. The van der Waals surface area contributed by atoms with E-state index >= 15 is 0 Å². The topological polar surface area (TPSA) is 60.0 Å². The molecular formula is C20H28N4O3. The molecule has 0 N–H and O–H groups in total. The fourth-order valence-electron chi connectivity index (χ4n) is 3.95. The standard InChI is InChI=1S/C20H28N4O3/c1-23(14-6-9-27-13-14)12-19-21-16-11-18(26-3)17(25-2)10-15(16)20(22-19)24-7-4-5-8-24/h10-11,14H,4-9,12-13H2,1-3H3/t14-/m1/s1. The molecule has 1 aromatic heterocycles. The summed E-state index contributed by atoms with van der Waals surface area (Å²) >= 11 is 0. The largest absolute Gasteiger partial charge is 0.493 e. The van der Waals surface area contributed by atoms with Crippen LogP contribution in [-0.2, 0) is 11.3 Å². The van der Waals surface area contributed by atoms with Gasteiger partial charge in [0.25, 0.3) is 0 Å². The molecule has 1 atom stereocenters. The average Bonchev–Trinajstić information content (AvgIpc) is 3.40. The molecule has 2 fully saturated rings. The lowest BCUT2D eigenvalue weighted by Crippen LogP contribution is -2.32. The molecule has 2 aromatic rings. The molecule has 0 bridgehead atoms. The van der Waals surface area contributed by atoms with Crippen molar-refractivity contribution in [1.82, 2.24) is 14.9 Å². The Balaban J connectivity index is 1.75. The number of hydrogen-bond acceptors (Lipinski definition) is 7. The normalized spacial score (nSPS) is 20.0. The smallest absolute Gasteiger partial charge is 0.162 e. The zero-order valence-electron chi connectivity index (χ0n) is 16.4. The van der Waals surface area contributed by atoms with Crippen LogP contribution in [0.25, 0.3) is 10.9 Å². The third kappa shape index (κ3) is 3.66. The number of ether oxygens (including phenoxy) is 3. The summed E-state index contributed by atoms with van der Waals surface area (Å²) in [6.45, 7) is 4.40. The SMILES string of the molecule is COc1cc2nc(CN(C)[C@@H]3CCOC3)nc(N3CCCC3)c2cc1OC. The highest BCUT2D eigenvalue weighted by atomic mass is 16.5. The Morgan fingerprint density at radius 2 is 1.89 bits per heavy atom. The van der Waals surface area contributed by atoms with Crippen LogP contribution >= 0.6 is 0 Å². The van der Waals surface area contributed by atoms with Gasteiger partial charge < -0.3 is 19.1 Å². The lowest BCUT2D eigenvalue weighted by atomic mass is 10.2. The Morgan fingerprint density at radius 1 is 1.15 bits per heavy atom. The third-order valence-electron chi connectivity index (χ3n) is 5.55. The van der Waals surface area contributed by atoms with Gasteiger partial charge in [-0.2, -0.15) is 0 Å². The maximum absolute atomic E-state index is 5.53. The minimum absolute atomic E-state index is 0.435. The Labute approximate surface area is 160 Å². The molecule has 27 heavy (non-hydrogen) atoms. The minimum atomic E-state index is 0.435. The maximum atomic E-state index is 5.53. The number of fused-ring (bicyclic) bond motifs is 1. The predicted octanol–water partition coefficient (Wildman–Crippen LogP) is 2.47. The number of benzene rings is 1. The van der Waals surface area contributed by atoms with Gasteiger partial charge in [-0.3, -0.25) is 4.90 Å². The van der Waals surface area contributed by atoms with Crippen LogP contribution in [-0.4, -0.2) is 68.5 Å². The van der Waals surface area contributed by atoms with Crippen LogP contribution in [0.3, 0.4) is 0 Å². The van der Waals surface area contributed by atoms with Gasteiger partial charge in [0, 0.05) is 37.2 Å². The van der Waals surface area contributed by atoms with Crippen molar-refractivity contribution in [3.8, 4) is 11.5 Å². The zero-order valence-corrected chi connectivity index (χ0v) is 16.4. The molecule has 2 saturated heterocycles. The number of aromatic nitrogens is 2. The molecule has 0 radical (unpaired) electrons. The van der Waals surface area contributed by atoms with Crippen molar-refractivity contribution in [1.29, 1.82) is 0 Å². The second-order valence-corrected chi connectivity index (χ2v) is 7.31. The summed E-state index contributed by atoms with van der Waals surface area (Å²) in [7, 11) is 5.44. The van der Waals surface area contributed by atoms with Crippen molar-refractivity contribution in [3.05, 3.63) is 18.0 Å². The molecule has 2 aliphatic rings. The Hall–Kier alpha value is -2.12. The van der Waals surface area contributed by atoms with Gasteiger partial charge in [0.15, 0.2) is 11.5 Å². The van der Waals surface area contributed by atoms with Crippen LogP contribution in [0.15, 0.2) is 12.1 Å². The molecule has 4 rings (SSSR count). The average molecular weight is 372 g/mol. The molecule has 1 aromatic carbocycles. The second-order valence-electron chi connectivity index (χ2n) is 7.31. The molecule has 7 heteroatoms. The Morgan fingerprint density at radius 3 is 2.56 bits per heavy atom. The molecule has 0 amide bonds. The lowest BCUT2D eigenvalue weighted by molar-refractivity contribution is 0.155. The Kier molecular flexibility index (Phi) is 5.31. The van der Waals surface area contributed by atoms with Gasteiger partial charge in [0.2, 0.25) is 0 Å². The van der Waals surface area contributed by atoms with Crippen LogP contribution in [0, 0.1) is 0 Å². The van der Waals surface area contributed by atoms with Gasteiger partial charge in [-0.1, -0.05) is 0 Å². The van der Waals surface area contributed by atoms with E-state index in [0.717, 1.165) is 55.3 Å². The van der Waals surface area contributed by atoms with E-state index < -0.39 is 0 Å². The summed E-state index contributed by atoms with van der Waals surface area (Å²) in [5.41, 5.74) is 0.899. The van der Waals surface area contributed by atoms with Crippen LogP contribution in [0.2, 0.25) is 0 Å². The van der Waals surface area contributed by atoms with Crippen LogP contribution in [0.4, 0.5) is 5.82 Å². The van der Waals surface area contributed by atoms with Crippen molar-refractivity contribution in [3.63, 3.8) is 0 Å².